The molecule has 0 saturated heterocycles. The predicted molar refractivity (Wildman–Crippen MR) is 65.5 cm³/mol. The molecule has 0 heterocycles. The third kappa shape index (κ3) is 2.21. The van der Waals surface area contributed by atoms with Gasteiger partial charge in [-0.05, 0) is 47.0 Å². The lowest BCUT2D eigenvalue weighted by Gasteiger charge is -2.25. The second kappa shape index (κ2) is 4.87. The third-order valence-electron chi connectivity index (χ3n) is 2.93. The number of benzene rings is 1. The van der Waals surface area contributed by atoms with E-state index in [9.17, 15) is 9.90 Å². The Morgan fingerprint density at radius 3 is 2.62 bits per heavy atom. The van der Waals surface area contributed by atoms with Gasteiger partial charge in [0.15, 0.2) is 0 Å². The summed E-state index contributed by atoms with van der Waals surface area (Å²) in [5.74, 6) is -0.111. The van der Waals surface area contributed by atoms with Crippen LogP contribution in [-0.2, 0) is 14.9 Å². The molecule has 0 aliphatic carbocycles. The maximum absolute atomic E-state index is 11.8. The molecule has 0 bridgehead atoms. The molecule has 4 heteroatoms. The quantitative estimate of drug-likeness (QED) is 0.869. The highest BCUT2D eigenvalue weighted by Crippen LogP contribution is 2.33. The normalized spacial score (nSPS) is 14.2. The van der Waals surface area contributed by atoms with E-state index in [4.69, 9.17) is 4.74 Å². The molecule has 3 nitrogen and oxygen atoms in total. The van der Waals surface area contributed by atoms with Crippen LogP contribution in [0.15, 0.2) is 22.7 Å². The summed E-state index contributed by atoms with van der Waals surface area (Å²) in [5.41, 5.74) is 0.150. The van der Waals surface area contributed by atoms with Crippen LogP contribution in [0, 0.1) is 0 Å². The first-order valence-corrected chi connectivity index (χ1v) is 5.82. The minimum Gasteiger partial charge on any atom is -0.507 e. The standard InChI is InChI=1S/C12H15BrO3/c1-4-12(2,11(15)16-3)8-5-6-10(14)9(13)7-8/h5-7,14H,4H2,1-3H3. The van der Waals surface area contributed by atoms with Crippen molar-refractivity contribution < 1.29 is 14.6 Å². The molecule has 1 aromatic rings. The number of phenols is 1. The van der Waals surface area contributed by atoms with Crippen molar-refractivity contribution in [2.24, 2.45) is 0 Å². The van der Waals surface area contributed by atoms with E-state index in [1.807, 2.05) is 13.8 Å². The van der Waals surface area contributed by atoms with Crippen molar-refractivity contribution in [1.29, 1.82) is 0 Å². The van der Waals surface area contributed by atoms with Crippen LogP contribution >= 0.6 is 15.9 Å². The summed E-state index contributed by atoms with van der Waals surface area (Å²) in [7, 11) is 1.38. The van der Waals surface area contributed by atoms with Gasteiger partial charge in [-0.3, -0.25) is 4.79 Å². The summed E-state index contributed by atoms with van der Waals surface area (Å²) in [6.07, 6.45) is 0.636. The van der Waals surface area contributed by atoms with Crippen LogP contribution in [-0.4, -0.2) is 18.2 Å². The molecule has 0 aliphatic rings. The summed E-state index contributed by atoms with van der Waals surface area (Å²) >= 11 is 3.24. The molecule has 0 radical (unpaired) electrons. The van der Waals surface area contributed by atoms with Gasteiger partial charge in [0.2, 0.25) is 0 Å². The average Bonchev–Trinajstić information content (AvgIpc) is 2.30. The molecule has 0 aliphatic heterocycles. The Kier molecular flexibility index (Phi) is 3.97. The number of ether oxygens (including phenoxy) is 1. The van der Waals surface area contributed by atoms with Gasteiger partial charge >= 0.3 is 5.97 Å². The first-order chi connectivity index (χ1) is 7.45. The van der Waals surface area contributed by atoms with E-state index in [1.165, 1.54) is 7.11 Å². The zero-order chi connectivity index (χ0) is 12.3. The van der Waals surface area contributed by atoms with Gasteiger partial charge in [0.1, 0.15) is 5.75 Å². The molecule has 0 fully saturated rings. The van der Waals surface area contributed by atoms with Crippen molar-refractivity contribution in [2.45, 2.75) is 25.7 Å². The van der Waals surface area contributed by atoms with Crippen molar-refractivity contribution >= 4 is 21.9 Å². The zero-order valence-electron chi connectivity index (χ0n) is 9.58. The maximum Gasteiger partial charge on any atom is 0.315 e. The Morgan fingerprint density at radius 1 is 1.56 bits per heavy atom. The molecule has 1 atom stereocenters. The number of hydrogen-bond acceptors (Lipinski definition) is 3. The van der Waals surface area contributed by atoms with Crippen LogP contribution in [0.25, 0.3) is 0 Å². The summed E-state index contributed by atoms with van der Waals surface area (Å²) in [5, 5.41) is 9.41. The summed E-state index contributed by atoms with van der Waals surface area (Å²) in [6, 6.07) is 5.05. The van der Waals surface area contributed by atoms with E-state index in [0.29, 0.717) is 10.9 Å². The van der Waals surface area contributed by atoms with Crippen LogP contribution in [0.2, 0.25) is 0 Å². The van der Waals surface area contributed by atoms with E-state index in [0.717, 1.165) is 5.56 Å². The van der Waals surface area contributed by atoms with Crippen LogP contribution in [0.5, 0.6) is 5.75 Å². The highest BCUT2D eigenvalue weighted by atomic mass is 79.9. The Bertz CT molecular complexity index is 403. The minimum atomic E-state index is -0.676. The van der Waals surface area contributed by atoms with Crippen molar-refractivity contribution in [3.05, 3.63) is 28.2 Å². The molecular weight excluding hydrogens is 272 g/mol. The van der Waals surface area contributed by atoms with Crippen molar-refractivity contribution in [1.82, 2.24) is 0 Å². The molecule has 1 rings (SSSR count). The zero-order valence-corrected chi connectivity index (χ0v) is 11.2. The Labute approximate surface area is 104 Å². The van der Waals surface area contributed by atoms with E-state index in [-0.39, 0.29) is 11.7 Å². The molecule has 16 heavy (non-hydrogen) atoms. The van der Waals surface area contributed by atoms with E-state index < -0.39 is 5.41 Å². The molecule has 88 valence electrons. The van der Waals surface area contributed by atoms with E-state index in [2.05, 4.69) is 15.9 Å². The fourth-order valence-corrected chi connectivity index (χ4v) is 1.92. The lowest BCUT2D eigenvalue weighted by Crippen LogP contribution is -2.33. The predicted octanol–water partition coefficient (Wildman–Crippen LogP) is 3.00. The average molecular weight is 287 g/mol. The summed E-state index contributed by atoms with van der Waals surface area (Å²) < 4.78 is 5.39. The number of halogens is 1. The fourth-order valence-electron chi connectivity index (χ4n) is 1.54. The molecule has 0 spiro atoms. The molecular formula is C12H15BrO3. The lowest BCUT2D eigenvalue weighted by molar-refractivity contribution is -0.147. The number of methoxy groups -OCH3 is 1. The van der Waals surface area contributed by atoms with Crippen molar-refractivity contribution in [2.75, 3.05) is 7.11 Å². The number of phenolic OH excluding ortho intramolecular Hbond substituents is 1. The molecule has 0 saturated carbocycles. The molecule has 1 N–H and O–H groups in total. The van der Waals surface area contributed by atoms with Crippen molar-refractivity contribution in [3.63, 3.8) is 0 Å². The second-order valence-electron chi connectivity index (χ2n) is 3.84. The van der Waals surface area contributed by atoms with Gasteiger partial charge < -0.3 is 9.84 Å². The molecule has 1 unspecified atom stereocenters. The minimum absolute atomic E-state index is 0.159. The largest absolute Gasteiger partial charge is 0.507 e. The number of carbonyl (C=O) groups is 1. The van der Waals surface area contributed by atoms with Crippen LogP contribution < -0.4 is 0 Å². The van der Waals surface area contributed by atoms with Crippen LogP contribution in [0.3, 0.4) is 0 Å². The topological polar surface area (TPSA) is 46.5 Å². The Hall–Kier alpha value is -1.03. The van der Waals surface area contributed by atoms with Gasteiger partial charge in [-0.25, -0.2) is 0 Å². The number of aromatic hydroxyl groups is 1. The van der Waals surface area contributed by atoms with Gasteiger partial charge in [0.05, 0.1) is 17.0 Å². The smallest absolute Gasteiger partial charge is 0.315 e. The molecule has 0 aromatic heterocycles. The fraction of sp³-hybridized carbons (Fsp3) is 0.417. The van der Waals surface area contributed by atoms with E-state index in [1.54, 1.807) is 18.2 Å². The first-order valence-electron chi connectivity index (χ1n) is 5.03. The van der Waals surface area contributed by atoms with Gasteiger partial charge in [0.25, 0.3) is 0 Å². The van der Waals surface area contributed by atoms with E-state index >= 15 is 0 Å². The second-order valence-corrected chi connectivity index (χ2v) is 4.70. The number of hydrogen-bond donors (Lipinski definition) is 1. The van der Waals surface area contributed by atoms with Gasteiger partial charge in [-0.15, -0.1) is 0 Å². The molecule has 1 aromatic carbocycles. The highest BCUT2D eigenvalue weighted by molar-refractivity contribution is 9.10. The monoisotopic (exact) mass is 286 g/mol. The first kappa shape index (κ1) is 13.0. The Morgan fingerprint density at radius 2 is 2.19 bits per heavy atom. The lowest BCUT2D eigenvalue weighted by atomic mass is 9.80. The van der Waals surface area contributed by atoms with Crippen LogP contribution in [0.4, 0.5) is 0 Å². The number of esters is 1. The summed E-state index contributed by atoms with van der Waals surface area (Å²) in [6.45, 7) is 3.76. The number of carbonyl (C=O) groups excluding carboxylic acids is 1. The Balaban J connectivity index is 3.23. The third-order valence-corrected chi connectivity index (χ3v) is 3.56. The molecule has 0 amide bonds. The summed E-state index contributed by atoms with van der Waals surface area (Å²) in [4.78, 5) is 11.8. The van der Waals surface area contributed by atoms with Gasteiger partial charge in [-0.1, -0.05) is 13.0 Å². The highest BCUT2D eigenvalue weighted by Gasteiger charge is 2.34. The maximum atomic E-state index is 11.8. The number of rotatable bonds is 3. The van der Waals surface area contributed by atoms with Crippen molar-refractivity contribution in [3.8, 4) is 5.75 Å². The van der Waals surface area contributed by atoms with Crippen LogP contribution in [0.1, 0.15) is 25.8 Å². The van der Waals surface area contributed by atoms with Gasteiger partial charge in [-0.2, -0.15) is 0 Å². The van der Waals surface area contributed by atoms with Gasteiger partial charge in [0, 0.05) is 0 Å². The SMILES string of the molecule is CCC(C)(C(=O)OC)c1ccc(O)c(Br)c1.